The van der Waals surface area contributed by atoms with Gasteiger partial charge in [-0.2, -0.15) is 4.31 Å². The van der Waals surface area contributed by atoms with Crippen LogP contribution in [0, 0.1) is 5.92 Å². The molecule has 3 heterocycles. The van der Waals surface area contributed by atoms with Crippen molar-refractivity contribution >= 4 is 21.4 Å². The first kappa shape index (κ1) is 12.6. The fourth-order valence-electron chi connectivity index (χ4n) is 3.00. The van der Waals surface area contributed by atoms with Crippen LogP contribution in [0.3, 0.4) is 0 Å². The Balaban J connectivity index is 1.79. The molecule has 0 aromatic carbocycles. The van der Waals surface area contributed by atoms with Gasteiger partial charge in [0.05, 0.1) is 18.6 Å². The number of nitrogens with one attached hydrogen (secondary N) is 1. The van der Waals surface area contributed by atoms with Gasteiger partial charge in [0.2, 0.25) is 0 Å². The van der Waals surface area contributed by atoms with Gasteiger partial charge in [0, 0.05) is 11.4 Å². The van der Waals surface area contributed by atoms with Crippen molar-refractivity contribution < 1.29 is 8.42 Å². The molecule has 2 aromatic rings. The third-order valence-electron chi connectivity index (χ3n) is 4.10. The van der Waals surface area contributed by atoms with E-state index in [1.165, 1.54) is 23.0 Å². The van der Waals surface area contributed by atoms with Crippen molar-refractivity contribution in [2.24, 2.45) is 5.92 Å². The maximum Gasteiger partial charge on any atom is 0.260 e. The molecule has 2 aliphatic rings. The van der Waals surface area contributed by atoms with Crippen molar-refractivity contribution in [2.45, 2.75) is 30.3 Å². The summed E-state index contributed by atoms with van der Waals surface area (Å²) < 4.78 is 27.2. The van der Waals surface area contributed by atoms with Gasteiger partial charge in [0.15, 0.2) is 5.03 Å². The Bertz CT molecular complexity index is 717. The summed E-state index contributed by atoms with van der Waals surface area (Å²) in [5.74, 6) is 0.473. The van der Waals surface area contributed by atoms with Crippen LogP contribution >= 0.6 is 11.3 Å². The average molecular weight is 309 g/mol. The third-order valence-corrected chi connectivity index (χ3v) is 6.90. The number of imidazole rings is 1. The molecule has 1 aliphatic carbocycles. The Labute approximate surface area is 121 Å². The van der Waals surface area contributed by atoms with Gasteiger partial charge in [-0.15, -0.1) is 11.3 Å². The van der Waals surface area contributed by atoms with Crippen LogP contribution in [0.1, 0.15) is 29.3 Å². The number of aromatic nitrogens is 2. The molecule has 20 heavy (non-hydrogen) atoms. The Morgan fingerprint density at radius 1 is 1.40 bits per heavy atom. The highest BCUT2D eigenvalue weighted by Crippen LogP contribution is 2.49. The lowest BCUT2D eigenvalue weighted by Gasteiger charge is -2.34. The van der Waals surface area contributed by atoms with Crippen molar-refractivity contribution in [3.63, 3.8) is 0 Å². The van der Waals surface area contributed by atoms with Crippen molar-refractivity contribution in [3.8, 4) is 0 Å². The largest absolute Gasteiger partial charge is 0.335 e. The normalized spacial score (nSPS) is 23.7. The molecule has 1 aliphatic heterocycles. The van der Waals surface area contributed by atoms with E-state index in [0.717, 1.165) is 19.3 Å². The van der Waals surface area contributed by atoms with Gasteiger partial charge in [-0.25, -0.2) is 13.4 Å². The molecule has 4 rings (SSSR count). The highest BCUT2D eigenvalue weighted by atomic mass is 32.2. The monoisotopic (exact) mass is 309 g/mol. The Hall–Kier alpha value is -1.18. The van der Waals surface area contributed by atoms with Crippen LogP contribution in [0.2, 0.25) is 0 Å². The zero-order valence-electron chi connectivity index (χ0n) is 10.8. The molecule has 0 amide bonds. The maximum atomic E-state index is 12.8. The predicted octanol–water partition coefficient (Wildman–Crippen LogP) is 2.17. The molecule has 1 atom stereocenters. The summed E-state index contributed by atoms with van der Waals surface area (Å²) in [6, 6.07) is 2.11. The summed E-state index contributed by atoms with van der Waals surface area (Å²) in [5, 5.41) is 2.27. The number of rotatable bonds is 3. The summed E-state index contributed by atoms with van der Waals surface area (Å²) in [7, 11) is -3.47. The third kappa shape index (κ3) is 1.84. The molecule has 0 saturated heterocycles. The van der Waals surface area contributed by atoms with Gasteiger partial charge in [0.1, 0.15) is 0 Å². The number of sulfonamides is 1. The first-order valence-electron chi connectivity index (χ1n) is 6.74. The van der Waals surface area contributed by atoms with Crippen LogP contribution in [-0.4, -0.2) is 29.2 Å². The molecule has 0 bridgehead atoms. The molecular weight excluding hydrogens is 294 g/mol. The van der Waals surface area contributed by atoms with Crippen molar-refractivity contribution in [3.05, 3.63) is 34.4 Å². The fourth-order valence-corrected chi connectivity index (χ4v) is 5.48. The van der Waals surface area contributed by atoms with Crippen LogP contribution in [-0.2, 0) is 16.4 Å². The molecule has 0 radical (unpaired) electrons. The van der Waals surface area contributed by atoms with Gasteiger partial charge in [-0.3, -0.25) is 0 Å². The first-order valence-corrected chi connectivity index (χ1v) is 9.06. The number of hydrogen-bond acceptors (Lipinski definition) is 4. The second-order valence-electron chi connectivity index (χ2n) is 5.36. The minimum absolute atomic E-state index is 0.0123. The Kier molecular flexibility index (Phi) is 2.77. The molecule has 5 nitrogen and oxygen atoms in total. The maximum absolute atomic E-state index is 12.8. The second kappa shape index (κ2) is 4.41. The molecule has 106 valence electrons. The zero-order valence-corrected chi connectivity index (χ0v) is 12.5. The van der Waals surface area contributed by atoms with Crippen LogP contribution in [0.5, 0.6) is 0 Å². The predicted molar refractivity (Wildman–Crippen MR) is 76.0 cm³/mol. The molecule has 1 N–H and O–H groups in total. The van der Waals surface area contributed by atoms with Crippen molar-refractivity contribution in [1.29, 1.82) is 0 Å². The summed E-state index contributed by atoms with van der Waals surface area (Å²) in [5.41, 5.74) is 1.21. The highest BCUT2D eigenvalue weighted by molar-refractivity contribution is 7.89. The standard InChI is InChI=1S/C13H15N3O2S2/c17-20(18,12-7-14-8-15-12)16-5-3-11-10(4-6-19-11)13(16)9-1-2-9/h4,6-9,13H,1-3,5H2,(H,14,15). The number of nitrogens with zero attached hydrogens (tertiary/aromatic N) is 2. The van der Waals surface area contributed by atoms with E-state index in [2.05, 4.69) is 21.4 Å². The summed E-state index contributed by atoms with van der Waals surface area (Å²) >= 11 is 1.74. The quantitative estimate of drug-likeness (QED) is 0.945. The topological polar surface area (TPSA) is 66.1 Å². The highest BCUT2D eigenvalue weighted by Gasteiger charge is 2.45. The van der Waals surface area contributed by atoms with Gasteiger partial charge in [0.25, 0.3) is 10.0 Å². The molecular formula is C13H15N3O2S2. The number of thiophene rings is 1. The number of aromatic amines is 1. The summed E-state index contributed by atoms with van der Waals surface area (Å²) in [6.07, 6.45) is 5.86. The van der Waals surface area contributed by atoms with Gasteiger partial charge < -0.3 is 4.98 Å². The average Bonchev–Trinajstić information content (AvgIpc) is 2.95. The van der Waals surface area contributed by atoms with E-state index in [1.807, 2.05) is 0 Å². The number of fused-ring (bicyclic) bond motifs is 1. The lowest BCUT2D eigenvalue weighted by molar-refractivity contribution is 0.282. The minimum Gasteiger partial charge on any atom is -0.335 e. The van der Waals surface area contributed by atoms with Gasteiger partial charge in [-0.1, -0.05) is 0 Å². The molecule has 1 unspecified atom stereocenters. The summed E-state index contributed by atoms with van der Waals surface area (Å²) in [4.78, 5) is 7.92. The van der Waals surface area contributed by atoms with E-state index in [9.17, 15) is 8.42 Å². The van der Waals surface area contributed by atoms with Crippen LogP contribution in [0.15, 0.2) is 29.0 Å². The fraction of sp³-hybridized carbons (Fsp3) is 0.462. The molecule has 7 heteroatoms. The van der Waals surface area contributed by atoms with Crippen LogP contribution in [0.4, 0.5) is 0 Å². The van der Waals surface area contributed by atoms with Gasteiger partial charge >= 0.3 is 0 Å². The zero-order chi connectivity index (χ0) is 13.7. The lowest BCUT2D eigenvalue weighted by atomic mass is 9.98. The second-order valence-corrected chi connectivity index (χ2v) is 8.22. The van der Waals surface area contributed by atoms with Crippen LogP contribution in [0.25, 0.3) is 0 Å². The molecule has 0 spiro atoms. The van der Waals surface area contributed by atoms with Crippen LogP contribution < -0.4 is 0 Å². The van der Waals surface area contributed by atoms with E-state index in [1.54, 1.807) is 15.6 Å². The van der Waals surface area contributed by atoms with E-state index in [4.69, 9.17) is 0 Å². The van der Waals surface area contributed by atoms with E-state index < -0.39 is 10.0 Å². The van der Waals surface area contributed by atoms with Crippen molar-refractivity contribution in [1.82, 2.24) is 14.3 Å². The molecule has 2 aromatic heterocycles. The van der Waals surface area contributed by atoms with E-state index in [-0.39, 0.29) is 11.1 Å². The lowest BCUT2D eigenvalue weighted by Crippen LogP contribution is -2.40. The first-order chi connectivity index (χ1) is 9.68. The molecule has 1 saturated carbocycles. The smallest absolute Gasteiger partial charge is 0.260 e. The van der Waals surface area contributed by atoms with Crippen molar-refractivity contribution in [2.75, 3.05) is 6.54 Å². The van der Waals surface area contributed by atoms with Gasteiger partial charge in [-0.05, 0) is 42.2 Å². The molecule has 1 fully saturated rings. The number of hydrogen-bond donors (Lipinski definition) is 1. The SMILES string of the molecule is O=S(=O)(c1cnc[nH]1)N1CCc2sccc2C1C1CC1. The Morgan fingerprint density at radius 3 is 2.95 bits per heavy atom. The minimum atomic E-state index is -3.47. The van der Waals surface area contributed by atoms with E-state index in [0.29, 0.717) is 12.5 Å². The summed E-state index contributed by atoms with van der Waals surface area (Å²) in [6.45, 7) is 0.566. The Morgan fingerprint density at radius 2 is 2.25 bits per heavy atom. The number of H-pyrrole nitrogens is 1. The van der Waals surface area contributed by atoms with E-state index >= 15 is 0 Å².